The molecule has 106 valence electrons. The lowest BCUT2D eigenvalue weighted by Gasteiger charge is -2.07. The molecule has 0 bridgehead atoms. The summed E-state index contributed by atoms with van der Waals surface area (Å²) in [6, 6.07) is 4.67. The van der Waals surface area contributed by atoms with Crippen LogP contribution < -0.4 is 11.1 Å². The second kappa shape index (κ2) is 5.42. The van der Waals surface area contributed by atoms with E-state index < -0.39 is 0 Å². The first-order valence-corrected chi connectivity index (χ1v) is 6.42. The van der Waals surface area contributed by atoms with Crippen LogP contribution in [0.5, 0.6) is 0 Å². The van der Waals surface area contributed by atoms with Gasteiger partial charge in [-0.05, 0) is 31.5 Å². The summed E-state index contributed by atoms with van der Waals surface area (Å²) in [5, 5.41) is 2.70. The number of nitrogens with two attached hydrogens (primary N) is 1. The second-order valence-electron chi connectivity index (χ2n) is 4.99. The Balaban J connectivity index is 2.11. The number of hydrogen-bond donors (Lipinski definition) is 2. The van der Waals surface area contributed by atoms with Gasteiger partial charge in [0.15, 0.2) is 0 Å². The standard InChI is InChI=1S/C14H17N3O3/c1-8(15)3-6-12(18)16-9-4-5-10-11(7-9)14(20)17(2)13(10)19/h4-5,7-8H,3,6,15H2,1-2H3,(H,16,18). The molecule has 3 amide bonds. The maximum Gasteiger partial charge on any atom is 0.261 e. The number of benzene rings is 1. The van der Waals surface area contributed by atoms with Crippen molar-refractivity contribution < 1.29 is 14.4 Å². The van der Waals surface area contributed by atoms with Gasteiger partial charge in [0.05, 0.1) is 11.1 Å². The van der Waals surface area contributed by atoms with Crippen molar-refractivity contribution in [2.75, 3.05) is 12.4 Å². The summed E-state index contributed by atoms with van der Waals surface area (Å²) in [5.74, 6) is -0.830. The van der Waals surface area contributed by atoms with Crippen molar-refractivity contribution in [2.24, 2.45) is 5.73 Å². The van der Waals surface area contributed by atoms with Crippen molar-refractivity contribution >= 4 is 23.4 Å². The van der Waals surface area contributed by atoms with E-state index in [4.69, 9.17) is 5.73 Å². The predicted molar refractivity (Wildman–Crippen MR) is 74.4 cm³/mol. The van der Waals surface area contributed by atoms with Gasteiger partial charge in [0, 0.05) is 25.2 Å². The fourth-order valence-electron chi connectivity index (χ4n) is 2.02. The highest BCUT2D eigenvalue weighted by Crippen LogP contribution is 2.24. The summed E-state index contributed by atoms with van der Waals surface area (Å²) in [6.45, 7) is 1.84. The highest BCUT2D eigenvalue weighted by Gasteiger charge is 2.32. The smallest absolute Gasteiger partial charge is 0.261 e. The molecule has 3 N–H and O–H groups in total. The third-order valence-corrected chi connectivity index (χ3v) is 3.20. The largest absolute Gasteiger partial charge is 0.328 e. The van der Waals surface area contributed by atoms with Crippen molar-refractivity contribution in [3.05, 3.63) is 29.3 Å². The Kier molecular flexibility index (Phi) is 3.85. The van der Waals surface area contributed by atoms with E-state index in [1.54, 1.807) is 12.1 Å². The molecule has 20 heavy (non-hydrogen) atoms. The van der Waals surface area contributed by atoms with Crippen LogP contribution in [0.2, 0.25) is 0 Å². The normalized spacial score (nSPS) is 15.2. The molecule has 1 aliphatic rings. The van der Waals surface area contributed by atoms with Gasteiger partial charge in [0.1, 0.15) is 0 Å². The van der Waals surface area contributed by atoms with Crippen LogP contribution in [-0.4, -0.2) is 35.7 Å². The molecular formula is C14H17N3O3. The monoisotopic (exact) mass is 275 g/mol. The number of carbonyl (C=O) groups is 3. The van der Waals surface area contributed by atoms with Crippen LogP contribution in [0.3, 0.4) is 0 Å². The number of amides is 3. The molecule has 0 saturated heterocycles. The van der Waals surface area contributed by atoms with Crippen LogP contribution in [-0.2, 0) is 4.79 Å². The first kappa shape index (κ1) is 14.2. The molecule has 1 aromatic rings. The van der Waals surface area contributed by atoms with Crippen molar-refractivity contribution in [3.63, 3.8) is 0 Å². The molecule has 1 atom stereocenters. The van der Waals surface area contributed by atoms with Gasteiger partial charge in [-0.2, -0.15) is 0 Å². The minimum atomic E-state index is -0.350. The molecule has 1 unspecified atom stereocenters. The summed E-state index contributed by atoms with van der Waals surface area (Å²) < 4.78 is 0. The predicted octanol–water partition coefficient (Wildman–Crippen LogP) is 0.978. The summed E-state index contributed by atoms with van der Waals surface area (Å²) in [4.78, 5) is 36.3. The summed E-state index contributed by atoms with van der Waals surface area (Å²) in [6.07, 6.45) is 0.915. The Bertz CT molecular complexity index is 581. The van der Waals surface area contributed by atoms with Crippen LogP contribution in [0.4, 0.5) is 5.69 Å². The summed E-state index contributed by atoms with van der Waals surface area (Å²) in [7, 11) is 1.44. The number of carbonyl (C=O) groups excluding carboxylic acids is 3. The fourth-order valence-corrected chi connectivity index (χ4v) is 2.02. The summed E-state index contributed by atoms with van der Waals surface area (Å²) >= 11 is 0. The third-order valence-electron chi connectivity index (χ3n) is 3.20. The van der Waals surface area contributed by atoms with Crippen LogP contribution in [0.25, 0.3) is 0 Å². The molecule has 2 rings (SSSR count). The van der Waals surface area contributed by atoms with E-state index in [9.17, 15) is 14.4 Å². The van der Waals surface area contributed by atoms with E-state index >= 15 is 0 Å². The molecule has 0 saturated carbocycles. The molecule has 0 spiro atoms. The van der Waals surface area contributed by atoms with E-state index in [1.807, 2.05) is 6.92 Å². The SMILES string of the molecule is CC(N)CCC(=O)Nc1ccc2c(c1)C(=O)N(C)C2=O. The molecule has 0 fully saturated rings. The number of nitrogens with zero attached hydrogens (tertiary/aromatic N) is 1. The van der Waals surface area contributed by atoms with Gasteiger partial charge >= 0.3 is 0 Å². The Labute approximate surface area is 116 Å². The topological polar surface area (TPSA) is 92.5 Å². The number of imide groups is 1. The second-order valence-corrected chi connectivity index (χ2v) is 4.99. The molecular weight excluding hydrogens is 258 g/mol. The lowest BCUT2D eigenvalue weighted by molar-refractivity contribution is -0.116. The average molecular weight is 275 g/mol. The lowest BCUT2D eigenvalue weighted by Crippen LogP contribution is -2.24. The zero-order chi connectivity index (χ0) is 14.9. The number of anilines is 1. The van der Waals surface area contributed by atoms with Crippen LogP contribution in [0.1, 0.15) is 40.5 Å². The minimum Gasteiger partial charge on any atom is -0.328 e. The minimum absolute atomic E-state index is 0.0337. The number of fused-ring (bicyclic) bond motifs is 1. The maximum absolute atomic E-state index is 11.8. The van der Waals surface area contributed by atoms with Gasteiger partial charge in [0.25, 0.3) is 11.8 Å². The van der Waals surface area contributed by atoms with E-state index in [-0.39, 0.29) is 23.8 Å². The van der Waals surface area contributed by atoms with Gasteiger partial charge in [0.2, 0.25) is 5.91 Å². The maximum atomic E-state index is 11.8. The number of nitrogens with one attached hydrogen (secondary N) is 1. The molecule has 0 aromatic heterocycles. The zero-order valence-electron chi connectivity index (χ0n) is 11.5. The van der Waals surface area contributed by atoms with Crippen molar-refractivity contribution in [3.8, 4) is 0 Å². The van der Waals surface area contributed by atoms with Gasteiger partial charge in [-0.25, -0.2) is 0 Å². The Morgan fingerprint density at radius 1 is 1.30 bits per heavy atom. The molecule has 6 nitrogen and oxygen atoms in total. The van der Waals surface area contributed by atoms with Crippen molar-refractivity contribution in [1.29, 1.82) is 0 Å². The third kappa shape index (κ3) is 2.70. The lowest BCUT2D eigenvalue weighted by atomic mass is 10.1. The molecule has 6 heteroatoms. The van der Waals surface area contributed by atoms with E-state index in [0.29, 0.717) is 29.7 Å². The quantitative estimate of drug-likeness (QED) is 0.801. The Hall–Kier alpha value is -2.21. The number of hydrogen-bond acceptors (Lipinski definition) is 4. The number of rotatable bonds is 4. The molecule has 0 aliphatic carbocycles. The van der Waals surface area contributed by atoms with E-state index in [2.05, 4.69) is 5.32 Å². The van der Waals surface area contributed by atoms with Gasteiger partial charge in [-0.3, -0.25) is 19.3 Å². The fraction of sp³-hybridized carbons (Fsp3) is 0.357. The average Bonchev–Trinajstić information content (AvgIpc) is 2.62. The Morgan fingerprint density at radius 3 is 2.60 bits per heavy atom. The van der Waals surface area contributed by atoms with Crippen LogP contribution in [0, 0.1) is 0 Å². The van der Waals surface area contributed by atoms with Crippen LogP contribution >= 0.6 is 0 Å². The first-order chi connectivity index (χ1) is 9.40. The summed E-state index contributed by atoms with van der Waals surface area (Å²) in [5.41, 5.74) is 6.79. The zero-order valence-corrected chi connectivity index (χ0v) is 11.5. The van der Waals surface area contributed by atoms with Crippen LogP contribution in [0.15, 0.2) is 18.2 Å². The highest BCUT2D eigenvalue weighted by atomic mass is 16.2. The molecule has 1 aliphatic heterocycles. The molecule has 1 heterocycles. The van der Waals surface area contributed by atoms with Crippen molar-refractivity contribution in [2.45, 2.75) is 25.8 Å². The Morgan fingerprint density at radius 2 is 1.95 bits per heavy atom. The van der Waals surface area contributed by atoms with Gasteiger partial charge in [-0.1, -0.05) is 0 Å². The van der Waals surface area contributed by atoms with E-state index in [1.165, 1.54) is 13.1 Å². The van der Waals surface area contributed by atoms with Gasteiger partial charge < -0.3 is 11.1 Å². The first-order valence-electron chi connectivity index (χ1n) is 6.42. The highest BCUT2D eigenvalue weighted by molar-refractivity contribution is 6.21. The van der Waals surface area contributed by atoms with Crippen molar-refractivity contribution in [1.82, 2.24) is 4.90 Å². The molecule has 1 aromatic carbocycles. The molecule has 0 radical (unpaired) electrons. The van der Waals surface area contributed by atoms with Gasteiger partial charge in [-0.15, -0.1) is 0 Å². The van der Waals surface area contributed by atoms with E-state index in [0.717, 1.165) is 4.90 Å².